The van der Waals surface area contributed by atoms with E-state index in [0.717, 1.165) is 18.7 Å². The number of benzene rings is 2. The van der Waals surface area contributed by atoms with Gasteiger partial charge in [0.1, 0.15) is 6.04 Å². The number of carbonyl (C=O) groups is 1. The molecule has 2 aromatic rings. The highest BCUT2D eigenvalue weighted by molar-refractivity contribution is 5.97. The largest absolute Gasteiger partial charge is 0.359 e. The molecule has 0 fully saturated rings. The van der Waals surface area contributed by atoms with Gasteiger partial charge < -0.3 is 10.2 Å². The minimum atomic E-state index is -0.463. The third-order valence-electron chi connectivity index (χ3n) is 4.12. The van der Waals surface area contributed by atoms with E-state index in [1.807, 2.05) is 25.1 Å². The van der Waals surface area contributed by atoms with Crippen LogP contribution in [-0.2, 0) is 11.2 Å². The van der Waals surface area contributed by atoms with Crippen LogP contribution in [0.4, 0.5) is 17.1 Å². The zero-order valence-corrected chi connectivity index (χ0v) is 12.7. The summed E-state index contributed by atoms with van der Waals surface area (Å²) in [4.78, 5) is 24.7. The molecule has 1 aliphatic heterocycles. The summed E-state index contributed by atoms with van der Waals surface area (Å²) >= 11 is 0. The summed E-state index contributed by atoms with van der Waals surface area (Å²) in [6.07, 6.45) is 0.936. The standard InChI is InChI=1S/C17H17N3O3/c1-12(19-11-10-13-4-2-3-5-16(13)19)17(21)18-14-6-8-15(9-7-14)20(22)23/h2-9,12H,10-11H2,1H3,(H,18,21)/t12-/m0/s1. The van der Waals surface area contributed by atoms with Gasteiger partial charge in [-0.1, -0.05) is 18.2 Å². The van der Waals surface area contributed by atoms with Crippen LogP contribution >= 0.6 is 0 Å². The predicted molar refractivity (Wildman–Crippen MR) is 88.7 cm³/mol. The summed E-state index contributed by atoms with van der Waals surface area (Å²) in [5.74, 6) is -0.129. The molecule has 2 aromatic carbocycles. The predicted octanol–water partition coefficient (Wildman–Crippen LogP) is 2.98. The molecule has 1 amide bonds. The number of anilines is 2. The highest BCUT2D eigenvalue weighted by atomic mass is 16.6. The van der Waals surface area contributed by atoms with Crippen LogP contribution in [-0.4, -0.2) is 23.4 Å². The Bertz CT molecular complexity index is 743. The number of hydrogen-bond acceptors (Lipinski definition) is 4. The molecular formula is C17H17N3O3. The Balaban J connectivity index is 1.70. The number of para-hydroxylation sites is 1. The Morgan fingerprint density at radius 2 is 1.91 bits per heavy atom. The molecule has 1 atom stereocenters. The number of non-ortho nitro benzene ring substituents is 1. The topological polar surface area (TPSA) is 75.5 Å². The maximum Gasteiger partial charge on any atom is 0.269 e. The number of nitrogens with zero attached hydrogens (tertiary/aromatic N) is 2. The Kier molecular flexibility index (Phi) is 3.97. The summed E-state index contributed by atoms with van der Waals surface area (Å²) in [5.41, 5.74) is 2.91. The van der Waals surface area contributed by atoms with E-state index in [0.29, 0.717) is 5.69 Å². The van der Waals surface area contributed by atoms with E-state index >= 15 is 0 Å². The molecule has 0 unspecified atom stereocenters. The van der Waals surface area contributed by atoms with Gasteiger partial charge in [0.15, 0.2) is 0 Å². The number of hydrogen-bond donors (Lipinski definition) is 1. The van der Waals surface area contributed by atoms with Crippen molar-refractivity contribution in [3.63, 3.8) is 0 Å². The van der Waals surface area contributed by atoms with Crippen molar-refractivity contribution in [2.75, 3.05) is 16.8 Å². The summed E-state index contributed by atoms with van der Waals surface area (Å²) in [7, 11) is 0. The first-order valence-electron chi connectivity index (χ1n) is 7.46. The third kappa shape index (κ3) is 3.01. The van der Waals surface area contributed by atoms with Crippen molar-refractivity contribution in [3.8, 4) is 0 Å². The number of amides is 1. The summed E-state index contributed by atoms with van der Waals surface area (Å²) < 4.78 is 0. The first-order valence-corrected chi connectivity index (χ1v) is 7.46. The van der Waals surface area contributed by atoms with E-state index in [9.17, 15) is 14.9 Å². The van der Waals surface area contributed by atoms with Gasteiger partial charge in [0.05, 0.1) is 4.92 Å². The molecular weight excluding hydrogens is 294 g/mol. The smallest absolute Gasteiger partial charge is 0.269 e. The highest BCUT2D eigenvalue weighted by Gasteiger charge is 2.27. The van der Waals surface area contributed by atoms with Crippen molar-refractivity contribution in [1.29, 1.82) is 0 Å². The van der Waals surface area contributed by atoms with Gasteiger partial charge in [-0.2, -0.15) is 0 Å². The van der Waals surface area contributed by atoms with E-state index < -0.39 is 4.92 Å². The lowest BCUT2D eigenvalue weighted by atomic mass is 10.1. The molecule has 23 heavy (non-hydrogen) atoms. The number of nitro groups is 1. The van der Waals surface area contributed by atoms with Crippen molar-refractivity contribution < 1.29 is 9.72 Å². The molecule has 1 heterocycles. The van der Waals surface area contributed by atoms with Gasteiger partial charge in [-0.05, 0) is 37.1 Å². The van der Waals surface area contributed by atoms with Crippen LogP contribution in [0.15, 0.2) is 48.5 Å². The van der Waals surface area contributed by atoms with E-state index in [1.165, 1.54) is 17.7 Å². The van der Waals surface area contributed by atoms with E-state index in [-0.39, 0.29) is 17.6 Å². The molecule has 0 saturated heterocycles. The minimum Gasteiger partial charge on any atom is -0.359 e. The van der Waals surface area contributed by atoms with Gasteiger partial charge >= 0.3 is 0 Å². The van der Waals surface area contributed by atoms with E-state index in [2.05, 4.69) is 16.3 Å². The molecule has 0 aromatic heterocycles. The van der Waals surface area contributed by atoms with Gasteiger partial charge in [0.25, 0.3) is 5.69 Å². The number of rotatable bonds is 4. The molecule has 0 saturated carbocycles. The van der Waals surface area contributed by atoms with Crippen molar-refractivity contribution in [2.24, 2.45) is 0 Å². The molecule has 0 radical (unpaired) electrons. The number of nitro benzene ring substituents is 1. The lowest BCUT2D eigenvalue weighted by Gasteiger charge is -2.26. The van der Waals surface area contributed by atoms with Gasteiger partial charge in [-0.3, -0.25) is 14.9 Å². The highest BCUT2D eigenvalue weighted by Crippen LogP contribution is 2.29. The van der Waals surface area contributed by atoms with Gasteiger partial charge in [-0.25, -0.2) is 0 Å². The Morgan fingerprint density at radius 3 is 2.61 bits per heavy atom. The lowest BCUT2D eigenvalue weighted by Crippen LogP contribution is -2.41. The molecule has 0 spiro atoms. The molecule has 6 heteroatoms. The first-order chi connectivity index (χ1) is 11.1. The molecule has 118 valence electrons. The van der Waals surface area contributed by atoms with Crippen molar-refractivity contribution in [2.45, 2.75) is 19.4 Å². The lowest BCUT2D eigenvalue weighted by molar-refractivity contribution is -0.384. The van der Waals surface area contributed by atoms with Crippen LogP contribution < -0.4 is 10.2 Å². The van der Waals surface area contributed by atoms with E-state index in [1.54, 1.807) is 12.1 Å². The summed E-state index contributed by atoms with van der Waals surface area (Å²) in [5, 5.41) is 13.5. The second-order valence-corrected chi connectivity index (χ2v) is 5.54. The third-order valence-corrected chi connectivity index (χ3v) is 4.12. The van der Waals surface area contributed by atoms with Gasteiger partial charge in [0.2, 0.25) is 5.91 Å². The van der Waals surface area contributed by atoms with Gasteiger partial charge in [-0.15, -0.1) is 0 Å². The fourth-order valence-corrected chi connectivity index (χ4v) is 2.82. The van der Waals surface area contributed by atoms with Crippen molar-refractivity contribution >= 4 is 23.0 Å². The molecule has 3 rings (SSSR count). The SMILES string of the molecule is C[C@@H](C(=O)Nc1ccc([N+](=O)[O-])cc1)N1CCc2ccccc21. The maximum atomic E-state index is 12.4. The monoisotopic (exact) mass is 311 g/mol. The zero-order chi connectivity index (χ0) is 16.4. The summed E-state index contributed by atoms with van der Waals surface area (Å²) in [6, 6.07) is 13.6. The average molecular weight is 311 g/mol. The van der Waals surface area contributed by atoms with E-state index in [4.69, 9.17) is 0 Å². The normalized spacial score (nSPS) is 14.2. The second-order valence-electron chi connectivity index (χ2n) is 5.54. The quantitative estimate of drug-likeness (QED) is 0.695. The fourth-order valence-electron chi connectivity index (χ4n) is 2.82. The first kappa shape index (κ1) is 15.0. The molecule has 1 N–H and O–H groups in total. The number of fused-ring (bicyclic) bond motifs is 1. The van der Waals surface area contributed by atoms with Gasteiger partial charge in [0, 0.05) is 30.1 Å². The zero-order valence-electron chi connectivity index (χ0n) is 12.7. The minimum absolute atomic E-state index is 0.00418. The maximum absolute atomic E-state index is 12.4. The molecule has 0 bridgehead atoms. The molecule has 0 aliphatic carbocycles. The van der Waals surface area contributed by atoms with Crippen LogP contribution in [0.3, 0.4) is 0 Å². The second kappa shape index (κ2) is 6.08. The van der Waals surface area contributed by atoms with Crippen LogP contribution in [0.5, 0.6) is 0 Å². The molecule has 6 nitrogen and oxygen atoms in total. The van der Waals surface area contributed by atoms with Crippen LogP contribution in [0.1, 0.15) is 12.5 Å². The number of carbonyl (C=O) groups excluding carboxylic acids is 1. The fraction of sp³-hybridized carbons (Fsp3) is 0.235. The number of nitrogens with one attached hydrogen (secondary N) is 1. The van der Waals surface area contributed by atoms with Crippen molar-refractivity contribution in [1.82, 2.24) is 0 Å². The van der Waals surface area contributed by atoms with Crippen molar-refractivity contribution in [3.05, 3.63) is 64.2 Å². The average Bonchev–Trinajstić information content (AvgIpc) is 2.98. The summed E-state index contributed by atoms with van der Waals surface area (Å²) in [6.45, 7) is 2.68. The Morgan fingerprint density at radius 1 is 1.22 bits per heavy atom. The van der Waals surface area contributed by atoms with Crippen LogP contribution in [0, 0.1) is 10.1 Å². The molecule has 1 aliphatic rings. The Hall–Kier alpha value is -2.89. The van der Waals surface area contributed by atoms with Crippen LogP contribution in [0.25, 0.3) is 0 Å². The Labute approximate surface area is 133 Å². The van der Waals surface area contributed by atoms with Crippen LogP contribution in [0.2, 0.25) is 0 Å².